The highest BCUT2D eigenvalue weighted by Gasteiger charge is 2.66. The Hall–Kier alpha value is -1.23. The molecule has 0 spiro atoms. The van der Waals surface area contributed by atoms with Crippen molar-refractivity contribution in [2.45, 2.75) is 110 Å². The van der Waals surface area contributed by atoms with Crippen LogP contribution in [0.3, 0.4) is 0 Å². The van der Waals surface area contributed by atoms with Crippen LogP contribution in [-0.2, 0) is 0 Å². The Kier molecular flexibility index (Phi) is 8.99. The Morgan fingerprint density at radius 1 is 0.682 bits per heavy atom. The Bertz CT molecular complexity index is 1150. The quantitative estimate of drug-likeness (QED) is 0.266. The van der Waals surface area contributed by atoms with Crippen molar-refractivity contribution in [3.8, 4) is 0 Å². The first-order valence-electron chi connectivity index (χ1n) is 18.5. The van der Waals surface area contributed by atoms with Gasteiger partial charge in [-0.2, -0.15) is 0 Å². The monoisotopic (exact) mass is 604 g/mol. The van der Waals surface area contributed by atoms with Crippen LogP contribution in [0.4, 0.5) is 0 Å². The maximum absolute atomic E-state index is 11.3. The van der Waals surface area contributed by atoms with E-state index in [-0.39, 0.29) is 5.41 Å². The van der Waals surface area contributed by atoms with E-state index in [9.17, 15) is 4.79 Å². The van der Waals surface area contributed by atoms with Gasteiger partial charge in [0.1, 0.15) is 6.29 Å². The Morgan fingerprint density at radius 3 is 1.98 bits per heavy atom. The second-order valence-corrected chi connectivity index (χ2v) is 17.9. The highest BCUT2D eigenvalue weighted by atomic mass is 16.1. The van der Waals surface area contributed by atoms with Gasteiger partial charge in [0.15, 0.2) is 0 Å². The van der Waals surface area contributed by atoms with E-state index in [1.54, 1.807) is 0 Å². The molecule has 5 fully saturated rings. The average molecular weight is 604 g/mol. The molecule has 5 aliphatic carbocycles. The fourth-order valence-electron chi connectivity index (χ4n) is 13.3. The van der Waals surface area contributed by atoms with Crippen LogP contribution >= 0.6 is 0 Å². The lowest BCUT2D eigenvalue weighted by molar-refractivity contribution is -0.201. The van der Waals surface area contributed by atoms with Crippen LogP contribution in [0.25, 0.3) is 0 Å². The molecule has 1 aromatic carbocycles. The topological polar surface area (TPSA) is 26.8 Å². The molecule has 0 heterocycles. The molecule has 246 valence electrons. The molecule has 0 aliphatic heterocycles. The molecule has 5 saturated carbocycles. The predicted molar refractivity (Wildman–Crippen MR) is 184 cm³/mol. The second-order valence-electron chi connectivity index (χ2n) is 17.9. The molecular formula is C40H65N3O. The number of likely N-dealkylation sites (N-methyl/N-ethyl adjacent to an activating group) is 2. The zero-order valence-electron chi connectivity index (χ0n) is 29.7. The second kappa shape index (κ2) is 12.1. The van der Waals surface area contributed by atoms with Gasteiger partial charge in [-0.1, -0.05) is 58.4 Å². The number of hydrogen-bond acceptors (Lipinski definition) is 4. The van der Waals surface area contributed by atoms with E-state index >= 15 is 0 Å². The van der Waals surface area contributed by atoms with E-state index in [2.05, 4.69) is 82.7 Å². The van der Waals surface area contributed by atoms with E-state index in [1.165, 1.54) is 102 Å². The zero-order chi connectivity index (χ0) is 31.5. The first-order chi connectivity index (χ1) is 20.9. The number of carbonyl (C=O) groups is 1. The third-order valence-electron chi connectivity index (χ3n) is 15.2. The minimum atomic E-state index is 0.278. The summed E-state index contributed by atoms with van der Waals surface area (Å²) in [6.45, 7) is 15.5. The molecule has 0 aromatic heterocycles. The van der Waals surface area contributed by atoms with Crippen LogP contribution in [0.15, 0.2) is 24.3 Å². The van der Waals surface area contributed by atoms with Gasteiger partial charge in [0, 0.05) is 37.3 Å². The van der Waals surface area contributed by atoms with E-state index in [1.807, 2.05) is 12.1 Å². The van der Waals surface area contributed by atoms with E-state index in [4.69, 9.17) is 0 Å². The van der Waals surface area contributed by atoms with Crippen molar-refractivity contribution in [1.29, 1.82) is 0 Å². The molecule has 0 N–H and O–H groups in total. The predicted octanol–water partition coefficient (Wildman–Crippen LogP) is 8.23. The van der Waals surface area contributed by atoms with Crippen LogP contribution in [0.5, 0.6) is 0 Å². The minimum Gasteiger partial charge on any atom is -0.308 e. The number of nitrogens with zero attached hydrogens (tertiary/aromatic N) is 3. The van der Waals surface area contributed by atoms with Crippen LogP contribution in [0, 0.1) is 45.8 Å². The number of carbonyl (C=O) groups excluding carboxylic acids is 1. The van der Waals surface area contributed by atoms with E-state index in [0.717, 1.165) is 41.4 Å². The van der Waals surface area contributed by atoms with Crippen LogP contribution in [0.1, 0.15) is 120 Å². The summed E-state index contributed by atoms with van der Waals surface area (Å²) in [5, 5.41) is 0. The summed E-state index contributed by atoms with van der Waals surface area (Å²) in [5.41, 5.74) is 3.91. The van der Waals surface area contributed by atoms with Gasteiger partial charge in [-0.25, -0.2) is 0 Å². The van der Waals surface area contributed by atoms with Crippen molar-refractivity contribution in [2.75, 3.05) is 54.4 Å². The number of benzene rings is 1. The van der Waals surface area contributed by atoms with Crippen molar-refractivity contribution >= 4 is 6.29 Å². The Morgan fingerprint density at radius 2 is 1.34 bits per heavy atom. The molecule has 9 atom stereocenters. The Balaban J connectivity index is 1.24. The van der Waals surface area contributed by atoms with E-state index < -0.39 is 0 Å². The fourth-order valence-corrected chi connectivity index (χ4v) is 13.3. The van der Waals surface area contributed by atoms with Crippen molar-refractivity contribution in [2.24, 2.45) is 45.8 Å². The number of rotatable bonds is 9. The van der Waals surface area contributed by atoms with Crippen LogP contribution < -0.4 is 0 Å². The summed E-state index contributed by atoms with van der Waals surface area (Å²) in [7, 11) is 9.01. The van der Waals surface area contributed by atoms with Crippen molar-refractivity contribution in [3.63, 3.8) is 0 Å². The van der Waals surface area contributed by atoms with Gasteiger partial charge in [-0.05, 0) is 150 Å². The highest BCUT2D eigenvalue weighted by Crippen LogP contribution is 2.73. The molecule has 6 rings (SSSR count). The molecule has 0 bridgehead atoms. The molecule has 44 heavy (non-hydrogen) atoms. The number of aldehydes is 1. The molecule has 0 amide bonds. The van der Waals surface area contributed by atoms with E-state index in [0.29, 0.717) is 22.3 Å². The summed E-state index contributed by atoms with van der Waals surface area (Å²) in [4.78, 5) is 19.1. The number of hydrogen-bond donors (Lipinski definition) is 0. The normalized spacial score (nSPS) is 41.2. The molecule has 4 unspecified atom stereocenters. The standard InChI is InChI=1S/C40H65N3O/c1-37(2)32(30-13-11-29(28-44)12-14-30)17-21-39(4)35(37)19-22-38(3)33-18-23-40(43(26-24-41(5)6)27-25-42(7)8)20-9-10-34(40)31(33)15-16-36(38)39/h11-14,28,31-36H,9-10,15-27H2,1-8H3/t31-,32+,33?,34?,35?,36?,38-,39-,40-/m0/s1. The maximum Gasteiger partial charge on any atom is 0.150 e. The third kappa shape index (κ3) is 5.26. The Labute approximate surface area is 270 Å². The SMILES string of the molecule is CN(C)CCN(CCN(C)C)[C@]12CCCC1[C@H]1CCC3[C@@](C)(CCC4C(C)(C)[C@@H](c5ccc(C=O)cc5)CC[C@@]43C)C1CC2. The molecular weight excluding hydrogens is 538 g/mol. The largest absolute Gasteiger partial charge is 0.308 e. The minimum absolute atomic E-state index is 0.278. The molecule has 0 saturated heterocycles. The maximum atomic E-state index is 11.3. The number of fused-ring (bicyclic) bond motifs is 7. The average Bonchev–Trinajstić information content (AvgIpc) is 3.42. The van der Waals surface area contributed by atoms with Gasteiger partial charge < -0.3 is 9.80 Å². The lowest BCUT2D eigenvalue weighted by Crippen LogP contribution is -2.65. The van der Waals surface area contributed by atoms with Gasteiger partial charge in [0.2, 0.25) is 0 Å². The van der Waals surface area contributed by atoms with Crippen molar-refractivity contribution in [1.82, 2.24) is 14.7 Å². The lowest BCUT2D eigenvalue weighted by Gasteiger charge is -2.70. The fraction of sp³-hybridized carbons (Fsp3) is 0.825. The zero-order valence-corrected chi connectivity index (χ0v) is 29.7. The summed E-state index contributed by atoms with van der Waals surface area (Å²) < 4.78 is 0. The van der Waals surface area contributed by atoms with Crippen molar-refractivity contribution in [3.05, 3.63) is 35.4 Å². The van der Waals surface area contributed by atoms with Gasteiger partial charge in [-0.3, -0.25) is 9.69 Å². The van der Waals surface area contributed by atoms with Crippen molar-refractivity contribution < 1.29 is 4.79 Å². The summed E-state index contributed by atoms with van der Waals surface area (Å²) in [6.07, 6.45) is 16.7. The summed E-state index contributed by atoms with van der Waals surface area (Å²) in [5.74, 6) is 4.96. The molecule has 0 radical (unpaired) electrons. The van der Waals surface area contributed by atoms with Crippen LogP contribution in [-0.4, -0.2) is 80.9 Å². The molecule has 5 aliphatic rings. The summed E-state index contributed by atoms with van der Waals surface area (Å²) >= 11 is 0. The van der Waals surface area contributed by atoms with Crippen LogP contribution in [0.2, 0.25) is 0 Å². The smallest absolute Gasteiger partial charge is 0.150 e. The highest BCUT2D eigenvalue weighted by molar-refractivity contribution is 5.74. The van der Waals surface area contributed by atoms with Gasteiger partial charge in [0.25, 0.3) is 0 Å². The lowest BCUT2D eigenvalue weighted by atomic mass is 9.35. The third-order valence-corrected chi connectivity index (χ3v) is 15.2. The van der Waals surface area contributed by atoms with Gasteiger partial charge in [-0.15, -0.1) is 0 Å². The molecule has 4 heteroatoms. The van der Waals surface area contributed by atoms with Gasteiger partial charge in [0.05, 0.1) is 0 Å². The van der Waals surface area contributed by atoms with Gasteiger partial charge >= 0.3 is 0 Å². The molecule has 1 aromatic rings. The summed E-state index contributed by atoms with van der Waals surface area (Å²) in [6, 6.07) is 8.60. The first-order valence-corrected chi connectivity index (χ1v) is 18.5. The molecule has 4 nitrogen and oxygen atoms in total. The first kappa shape index (κ1) is 32.7.